The Morgan fingerprint density at radius 2 is 1.88 bits per heavy atom. The molecule has 0 saturated carbocycles. The topological polar surface area (TPSA) is 61.4 Å². The number of carbonyl (C=O) groups excluding carboxylic acids is 1. The van der Waals surface area contributed by atoms with Crippen molar-refractivity contribution in [1.29, 1.82) is 0 Å². The van der Waals surface area contributed by atoms with Crippen molar-refractivity contribution in [3.8, 4) is 0 Å². The molecule has 0 saturated heterocycles. The van der Waals surface area contributed by atoms with Crippen molar-refractivity contribution in [2.24, 2.45) is 0 Å². The molecule has 0 radical (unpaired) electrons. The Morgan fingerprint density at radius 3 is 2.50 bits per heavy atom. The molecule has 0 aromatic heterocycles. The maximum atomic E-state index is 11.0. The molecule has 0 heterocycles. The van der Waals surface area contributed by atoms with Gasteiger partial charge in [-0.05, 0) is 48.4 Å². The molecule has 128 valence electrons. The molecule has 1 atom stereocenters. The molecular formula is C18H20Cl2N2O2. The minimum Gasteiger partial charge on any atom is -0.387 e. The molecule has 0 bridgehead atoms. The van der Waals surface area contributed by atoms with E-state index in [1.54, 1.807) is 30.3 Å². The highest BCUT2D eigenvalue weighted by molar-refractivity contribution is 6.35. The van der Waals surface area contributed by atoms with E-state index in [0.29, 0.717) is 28.8 Å². The van der Waals surface area contributed by atoms with Gasteiger partial charge in [0.05, 0.1) is 6.10 Å². The van der Waals surface area contributed by atoms with Crippen LogP contribution in [0.4, 0.5) is 5.69 Å². The van der Waals surface area contributed by atoms with Gasteiger partial charge in [-0.2, -0.15) is 0 Å². The van der Waals surface area contributed by atoms with Crippen molar-refractivity contribution < 1.29 is 9.90 Å². The zero-order chi connectivity index (χ0) is 17.5. The molecule has 2 rings (SSSR count). The predicted molar refractivity (Wildman–Crippen MR) is 98.7 cm³/mol. The molecule has 2 aromatic carbocycles. The highest BCUT2D eigenvalue weighted by Crippen LogP contribution is 2.21. The molecule has 4 nitrogen and oxygen atoms in total. The minimum atomic E-state index is -0.614. The van der Waals surface area contributed by atoms with Crippen LogP contribution in [-0.4, -0.2) is 24.1 Å². The van der Waals surface area contributed by atoms with Crippen molar-refractivity contribution >= 4 is 34.8 Å². The molecule has 0 fully saturated rings. The molecule has 6 heteroatoms. The van der Waals surface area contributed by atoms with E-state index >= 15 is 0 Å². The third-order valence-corrected chi connectivity index (χ3v) is 4.13. The van der Waals surface area contributed by atoms with Crippen molar-refractivity contribution in [2.45, 2.75) is 19.4 Å². The number of hydrogen-bond acceptors (Lipinski definition) is 3. The molecule has 1 amide bonds. The largest absolute Gasteiger partial charge is 0.387 e. The summed E-state index contributed by atoms with van der Waals surface area (Å²) in [6.07, 6.45) is 0.140. The van der Waals surface area contributed by atoms with E-state index < -0.39 is 6.10 Å². The Kier molecular flexibility index (Phi) is 7.06. The Balaban J connectivity index is 1.78. The van der Waals surface area contributed by atoms with Gasteiger partial charge in [-0.3, -0.25) is 4.79 Å². The number of anilines is 1. The van der Waals surface area contributed by atoms with Crippen molar-refractivity contribution in [1.82, 2.24) is 5.32 Å². The predicted octanol–water partition coefficient (Wildman–Crippen LogP) is 3.82. The first kappa shape index (κ1) is 18.7. The van der Waals surface area contributed by atoms with Crippen LogP contribution in [0.2, 0.25) is 10.0 Å². The van der Waals surface area contributed by atoms with Gasteiger partial charge in [-0.25, -0.2) is 0 Å². The first-order valence-electron chi connectivity index (χ1n) is 7.66. The minimum absolute atomic E-state index is 0.120. The van der Waals surface area contributed by atoms with Gasteiger partial charge in [-0.15, -0.1) is 0 Å². The Morgan fingerprint density at radius 1 is 1.17 bits per heavy atom. The zero-order valence-corrected chi connectivity index (χ0v) is 14.9. The highest BCUT2D eigenvalue weighted by Gasteiger charge is 2.08. The molecule has 0 spiro atoms. The van der Waals surface area contributed by atoms with Crippen molar-refractivity contribution in [2.75, 3.05) is 18.4 Å². The second kappa shape index (κ2) is 9.04. The van der Waals surface area contributed by atoms with Gasteiger partial charge in [0.25, 0.3) is 0 Å². The average Bonchev–Trinajstić information content (AvgIpc) is 2.53. The van der Waals surface area contributed by atoms with Gasteiger partial charge in [-0.1, -0.05) is 41.4 Å². The summed E-state index contributed by atoms with van der Waals surface area (Å²) in [6, 6.07) is 12.6. The number of rotatable bonds is 7. The SMILES string of the molecule is CC(=O)Nc1ccc(C(O)CNCCc2ccc(Cl)cc2Cl)cc1. The van der Waals surface area contributed by atoms with Crippen LogP contribution in [0.5, 0.6) is 0 Å². The number of hydrogen-bond donors (Lipinski definition) is 3. The first-order chi connectivity index (χ1) is 11.5. The highest BCUT2D eigenvalue weighted by atomic mass is 35.5. The summed E-state index contributed by atoms with van der Waals surface area (Å²) >= 11 is 12.0. The monoisotopic (exact) mass is 366 g/mol. The standard InChI is InChI=1S/C18H20Cl2N2O2/c1-12(23)22-16-6-3-14(4-7-16)18(24)11-21-9-8-13-2-5-15(19)10-17(13)20/h2-7,10,18,21,24H,8-9,11H2,1H3,(H,22,23). The number of nitrogens with one attached hydrogen (secondary N) is 2. The first-order valence-corrected chi connectivity index (χ1v) is 8.41. The summed E-state index contributed by atoms with van der Waals surface area (Å²) in [6.45, 7) is 2.59. The van der Waals surface area contributed by atoms with Crippen LogP contribution >= 0.6 is 23.2 Å². The van der Waals surface area contributed by atoms with Gasteiger partial charge in [0, 0.05) is 29.2 Å². The van der Waals surface area contributed by atoms with Crippen molar-refractivity contribution in [3.63, 3.8) is 0 Å². The lowest BCUT2D eigenvalue weighted by atomic mass is 10.1. The molecule has 0 aliphatic carbocycles. The lowest BCUT2D eigenvalue weighted by molar-refractivity contribution is -0.114. The lowest BCUT2D eigenvalue weighted by Gasteiger charge is -2.13. The number of aliphatic hydroxyl groups excluding tert-OH is 1. The molecule has 2 aromatic rings. The number of benzene rings is 2. The average molecular weight is 367 g/mol. The normalized spacial score (nSPS) is 12.0. The second-order valence-electron chi connectivity index (χ2n) is 5.51. The van der Waals surface area contributed by atoms with E-state index in [2.05, 4.69) is 10.6 Å². The fourth-order valence-corrected chi connectivity index (χ4v) is 2.80. The number of halogens is 2. The van der Waals surface area contributed by atoms with Crippen LogP contribution in [-0.2, 0) is 11.2 Å². The Labute approximate surface area is 151 Å². The van der Waals surface area contributed by atoms with E-state index in [1.807, 2.05) is 12.1 Å². The third-order valence-electron chi connectivity index (χ3n) is 3.54. The summed E-state index contributed by atoms with van der Waals surface area (Å²) in [5.74, 6) is -0.120. The van der Waals surface area contributed by atoms with E-state index in [-0.39, 0.29) is 5.91 Å². The number of aliphatic hydroxyl groups is 1. The van der Waals surface area contributed by atoms with Gasteiger partial charge in [0.2, 0.25) is 5.91 Å². The van der Waals surface area contributed by atoms with E-state index in [1.165, 1.54) is 6.92 Å². The van der Waals surface area contributed by atoms with E-state index in [9.17, 15) is 9.90 Å². The molecule has 1 unspecified atom stereocenters. The fourth-order valence-electron chi connectivity index (χ4n) is 2.30. The Hall–Kier alpha value is -1.59. The Bertz CT molecular complexity index is 690. The smallest absolute Gasteiger partial charge is 0.221 e. The summed E-state index contributed by atoms with van der Waals surface area (Å²) < 4.78 is 0. The van der Waals surface area contributed by atoms with Crippen LogP contribution in [0, 0.1) is 0 Å². The van der Waals surface area contributed by atoms with Crippen LogP contribution in [0.1, 0.15) is 24.2 Å². The van der Waals surface area contributed by atoms with Crippen LogP contribution in [0.15, 0.2) is 42.5 Å². The summed E-state index contributed by atoms with van der Waals surface area (Å²) in [5.41, 5.74) is 2.52. The maximum Gasteiger partial charge on any atom is 0.221 e. The zero-order valence-electron chi connectivity index (χ0n) is 13.4. The molecule has 24 heavy (non-hydrogen) atoms. The van der Waals surface area contributed by atoms with Gasteiger partial charge >= 0.3 is 0 Å². The van der Waals surface area contributed by atoms with Gasteiger partial charge in [0.15, 0.2) is 0 Å². The lowest BCUT2D eigenvalue weighted by Crippen LogP contribution is -2.23. The third kappa shape index (κ3) is 5.80. The van der Waals surface area contributed by atoms with Crippen molar-refractivity contribution in [3.05, 3.63) is 63.6 Å². The molecule has 3 N–H and O–H groups in total. The quantitative estimate of drug-likeness (QED) is 0.652. The van der Waals surface area contributed by atoms with Crippen LogP contribution in [0.3, 0.4) is 0 Å². The fraction of sp³-hybridized carbons (Fsp3) is 0.278. The molecule has 0 aliphatic rings. The number of carbonyl (C=O) groups is 1. The summed E-state index contributed by atoms with van der Waals surface area (Å²) in [4.78, 5) is 11.0. The van der Waals surface area contributed by atoms with Crippen LogP contribution < -0.4 is 10.6 Å². The maximum absolute atomic E-state index is 11.0. The van der Waals surface area contributed by atoms with E-state index in [4.69, 9.17) is 23.2 Å². The molecule has 0 aliphatic heterocycles. The molecular weight excluding hydrogens is 347 g/mol. The van der Waals surface area contributed by atoms with Gasteiger partial charge in [0.1, 0.15) is 0 Å². The summed E-state index contributed by atoms with van der Waals surface area (Å²) in [5, 5.41) is 17.4. The van der Waals surface area contributed by atoms with E-state index in [0.717, 1.165) is 17.5 Å². The summed E-state index contributed by atoms with van der Waals surface area (Å²) in [7, 11) is 0. The van der Waals surface area contributed by atoms with Crippen LogP contribution in [0.25, 0.3) is 0 Å². The van der Waals surface area contributed by atoms with Gasteiger partial charge < -0.3 is 15.7 Å². The second-order valence-corrected chi connectivity index (χ2v) is 6.35. The number of amides is 1.